The number of rotatable bonds is 3. The molecule has 0 atom stereocenters. The molecule has 0 bridgehead atoms. The average molecular weight is 210 g/mol. The van der Waals surface area contributed by atoms with Crippen LogP contribution in [0.1, 0.15) is 0 Å². The maximum Gasteiger partial charge on any atom is 0.213 e. The summed E-state index contributed by atoms with van der Waals surface area (Å²) in [4.78, 5) is 12.4. The van der Waals surface area contributed by atoms with Gasteiger partial charge in [-0.25, -0.2) is 0 Å². The molecular weight excluding hydrogens is 198 g/mol. The molecule has 0 unspecified atom stereocenters. The molecular formula is C14H12NO. The summed E-state index contributed by atoms with van der Waals surface area (Å²) in [5.41, 5.74) is 3.00. The molecule has 2 nitrogen and oxygen atoms in total. The van der Waals surface area contributed by atoms with Gasteiger partial charge in [0.2, 0.25) is 6.41 Å². The first-order valence-corrected chi connectivity index (χ1v) is 5.06. The Morgan fingerprint density at radius 1 is 1.19 bits per heavy atom. The average Bonchev–Trinajstić information content (AvgIpc) is 2.39. The van der Waals surface area contributed by atoms with Gasteiger partial charge >= 0.3 is 0 Å². The standard InChI is InChI=1S/C14H12NO/c1-15(11-16)14-10-6-5-9-13(14)12-7-3-2-4-8-12/h2-3,5-11H,1H3. The third kappa shape index (κ3) is 1.96. The van der Waals surface area contributed by atoms with E-state index in [-0.39, 0.29) is 0 Å². The minimum atomic E-state index is 0.811. The lowest BCUT2D eigenvalue weighted by Gasteiger charge is -2.15. The maximum absolute atomic E-state index is 10.8. The molecule has 79 valence electrons. The minimum absolute atomic E-state index is 0.811. The van der Waals surface area contributed by atoms with Crippen LogP contribution in [0.2, 0.25) is 0 Å². The van der Waals surface area contributed by atoms with Crippen LogP contribution in [-0.2, 0) is 4.79 Å². The lowest BCUT2D eigenvalue weighted by Crippen LogP contribution is -2.14. The molecule has 0 fully saturated rings. The molecule has 16 heavy (non-hydrogen) atoms. The third-order valence-corrected chi connectivity index (χ3v) is 2.46. The van der Waals surface area contributed by atoms with E-state index in [0.29, 0.717) is 0 Å². The lowest BCUT2D eigenvalue weighted by atomic mass is 10.0. The van der Waals surface area contributed by atoms with Gasteiger partial charge in [-0.2, -0.15) is 0 Å². The molecule has 0 aliphatic carbocycles. The van der Waals surface area contributed by atoms with Crippen LogP contribution >= 0.6 is 0 Å². The number of para-hydroxylation sites is 1. The second-order valence-electron chi connectivity index (χ2n) is 3.53. The Morgan fingerprint density at radius 2 is 2.00 bits per heavy atom. The smallest absolute Gasteiger partial charge is 0.213 e. The fourth-order valence-electron chi connectivity index (χ4n) is 1.64. The van der Waals surface area contributed by atoms with Gasteiger partial charge in [0.1, 0.15) is 0 Å². The molecule has 0 saturated heterocycles. The van der Waals surface area contributed by atoms with Gasteiger partial charge in [0, 0.05) is 12.6 Å². The van der Waals surface area contributed by atoms with Crippen LogP contribution in [0, 0.1) is 6.07 Å². The van der Waals surface area contributed by atoms with Crippen LogP contribution in [0.3, 0.4) is 0 Å². The molecule has 0 aromatic heterocycles. The van der Waals surface area contributed by atoms with Crippen molar-refractivity contribution in [1.82, 2.24) is 0 Å². The number of hydrogen-bond acceptors (Lipinski definition) is 1. The summed E-state index contributed by atoms with van der Waals surface area (Å²) in [6.07, 6.45) is 0.811. The molecule has 1 radical (unpaired) electrons. The molecule has 0 N–H and O–H groups in total. The Hall–Kier alpha value is -2.09. The fraction of sp³-hybridized carbons (Fsp3) is 0.0714. The molecule has 0 spiro atoms. The Bertz CT molecular complexity index is 479. The second kappa shape index (κ2) is 4.62. The van der Waals surface area contributed by atoms with E-state index in [1.54, 1.807) is 11.9 Å². The molecule has 0 heterocycles. The summed E-state index contributed by atoms with van der Waals surface area (Å²) < 4.78 is 0. The Morgan fingerprint density at radius 3 is 2.69 bits per heavy atom. The maximum atomic E-state index is 10.8. The first-order chi connectivity index (χ1) is 7.83. The van der Waals surface area contributed by atoms with Crippen molar-refractivity contribution in [2.75, 3.05) is 11.9 Å². The lowest BCUT2D eigenvalue weighted by molar-refractivity contribution is -0.107. The second-order valence-corrected chi connectivity index (χ2v) is 3.53. The van der Waals surface area contributed by atoms with E-state index in [0.717, 1.165) is 23.2 Å². The minimum Gasteiger partial charge on any atom is -0.317 e. The highest BCUT2D eigenvalue weighted by molar-refractivity contribution is 5.86. The zero-order valence-electron chi connectivity index (χ0n) is 9.05. The van der Waals surface area contributed by atoms with Crippen molar-refractivity contribution < 1.29 is 4.79 Å². The molecule has 0 saturated carbocycles. The summed E-state index contributed by atoms with van der Waals surface area (Å²) in [6.45, 7) is 0. The summed E-state index contributed by atoms with van der Waals surface area (Å²) in [6, 6.07) is 18.6. The zero-order chi connectivity index (χ0) is 11.4. The number of carbonyl (C=O) groups excluding carboxylic acids is 1. The summed E-state index contributed by atoms with van der Waals surface area (Å²) >= 11 is 0. The topological polar surface area (TPSA) is 20.3 Å². The van der Waals surface area contributed by atoms with Gasteiger partial charge in [-0.05, 0) is 23.8 Å². The quantitative estimate of drug-likeness (QED) is 0.713. The predicted octanol–water partition coefficient (Wildman–Crippen LogP) is 2.75. The number of carbonyl (C=O) groups is 1. The van der Waals surface area contributed by atoms with Crippen molar-refractivity contribution in [3.63, 3.8) is 0 Å². The van der Waals surface area contributed by atoms with E-state index in [1.807, 2.05) is 48.5 Å². The summed E-state index contributed by atoms with van der Waals surface area (Å²) in [5, 5.41) is 0. The molecule has 2 aromatic carbocycles. The normalized spacial score (nSPS) is 9.81. The Kier molecular flexibility index (Phi) is 3.01. The molecule has 2 rings (SSSR count). The van der Waals surface area contributed by atoms with E-state index in [2.05, 4.69) is 6.07 Å². The highest BCUT2D eigenvalue weighted by Gasteiger charge is 2.06. The van der Waals surface area contributed by atoms with E-state index in [9.17, 15) is 4.79 Å². The molecule has 1 amide bonds. The van der Waals surface area contributed by atoms with Crippen LogP contribution in [0.25, 0.3) is 11.1 Å². The largest absolute Gasteiger partial charge is 0.317 e. The van der Waals surface area contributed by atoms with Gasteiger partial charge in [-0.1, -0.05) is 36.4 Å². The molecule has 2 aromatic rings. The van der Waals surface area contributed by atoms with E-state index in [1.165, 1.54) is 0 Å². The number of anilines is 1. The highest BCUT2D eigenvalue weighted by atomic mass is 16.1. The summed E-state index contributed by atoms with van der Waals surface area (Å²) in [7, 11) is 1.75. The van der Waals surface area contributed by atoms with Crippen LogP contribution in [0.4, 0.5) is 5.69 Å². The zero-order valence-corrected chi connectivity index (χ0v) is 9.05. The van der Waals surface area contributed by atoms with Crippen LogP contribution in [0.15, 0.2) is 48.5 Å². The van der Waals surface area contributed by atoms with E-state index >= 15 is 0 Å². The van der Waals surface area contributed by atoms with Gasteiger partial charge in [-0.3, -0.25) is 4.79 Å². The monoisotopic (exact) mass is 210 g/mol. The van der Waals surface area contributed by atoms with Crippen LogP contribution < -0.4 is 4.90 Å². The third-order valence-electron chi connectivity index (χ3n) is 2.46. The highest BCUT2D eigenvalue weighted by Crippen LogP contribution is 2.28. The van der Waals surface area contributed by atoms with E-state index < -0.39 is 0 Å². The van der Waals surface area contributed by atoms with Gasteiger partial charge in [0.05, 0.1) is 5.69 Å². The van der Waals surface area contributed by atoms with Crippen LogP contribution in [0.5, 0.6) is 0 Å². The van der Waals surface area contributed by atoms with Crippen molar-refractivity contribution in [3.05, 3.63) is 54.6 Å². The first kappa shape index (κ1) is 10.4. The molecule has 0 aliphatic heterocycles. The molecule has 2 heteroatoms. The van der Waals surface area contributed by atoms with Crippen LogP contribution in [-0.4, -0.2) is 13.5 Å². The van der Waals surface area contributed by atoms with Gasteiger partial charge in [-0.15, -0.1) is 0 Å². The predicted molar refractivity (Wildman–Crippen MR) is 65.2 cm³/mol. The Labute approximate surface area is 95.1 Å². The number of nitrogens with zero attached hydrogens (tertiary/aromatic N) is 1. The van der Waals surface area contributed by atoms with Crippen molar-refractivity contribution in [2.24, 2.45) is 0 Å². The van der Waals surface area contributed by atoms with E-state index in [4.69, 9.17) is 0 Å². The van der Waals surface area contributed by atoms with Crippen molar-refractivity contribution in [1.29, 1.82) is 0 Å². The van der Waals surface area contributed by atoms with Gasteiger partial charge in [0.25, 0.3) is 0 Å². The van der Waals surface area contributed by atoms with Gasteiger partial charge < -0.3 is 4.90 Å². The van der Waals surface area contributed by atoms with Crippen molar-refractivity contribution in [2.45, 2.75) is 0 Å². The first-order valence-electron chi connectivity index (χ1n) is 5.06. The molecule has 0 aliphatic rings. The number of amides is 1. The SMILES string of the molecule is CN(C=O)c1ccccc1-c1c[c]ccc1. The summed E-state index contributed by atoms with van der Waals surface area (Å²) in [5.74, 6) is 0. The van der Waals surface area contributed by atoms with Gasteiger partial charge in [0.15, 0.2) is 0 Å². The Balaban J connectivity index is 2.53. The van der Waals surface area contributed by atoms with Crippen molar-refractivity contribution >= 4 is 12.1 Å². The number of benzene rings is 2. The fourth-order valence-corrected chi connectivity index (χ4v) is 1.64. The number of hydrogen-bond donors (Lipinski definition) is 0. The van der Waals surface area contributed by atoms with Crippen molar-refractivity contribution in [3.8, 4) is 11.1 Å².